The van der Waals surface area contributed by atoms with Crippen molar-refractivity contribution < 1.29 is 9.90 Å². The second kappa shape index (κ2) is 9.16. The summed E-state index contributed by atoms with van der Waals surface area (Å²) in [4.78, 5) is 14.7. The summed E-state index contributed by atoms with van der Waals surface area (Å²) in [6.07, 6.45) is 4.75. The van der Waals surface area contributed by atoms with E-state index in [-0.39, 0.29) is 30.3 Å². The van der Waals surface area contributed by atoms with Crippen LogP contribution >= 0.6 is 12.4 Å². The molecule has 1 saturated heterocycles. The quantitative estimate of drug-likeness (QED) is 0.835. The number of amides is 1. The molecule has 0 bridgehead atoms. The standard InChI is InChI=1S/C19H26N4O2.ClH/c1-20-17(16-12-21-22(2)13-16)19(25)23-10-8-15(9-11-23)18(24)14-6-4-3-5-7-14;/h3-7,12-13,15,17-18,20,24H,8-11H2,1-2H3;1H. The number of carbonyl (C=O) groups is 1. The first kappa shape index (κ1) is 20.4. The first-order valence-electron chi connectivity index (χ1n) is 8.77. The lowest BCUT2D eigenvalue weighted by molar-refractivity contribution is -0.135. The molecule has 1 aliphatic heterocycles. The number of likely N-dealkylation sites (N-methyl/N-ethyl adjacent to an activating group) is 1. The van der Waals surface area contributed by atoms with E-state index < -0.39 is 6.10 Å². The fourth-order valence-electron chi connectivity index (χ4n) is 3.56. The van der Waals surface area contributed by atoms with Gasteiger partial charge in [-0.1, -0.05) is 30.3 Å². The number of hydrogen-bond donors (Lipinski definition) is 2. The van der Waals surface area contributed by atoms with Crippen molar-refractivity contribution in [1.82, 2.24) is 20.0 Å². The average Bonchev–Trinajstić information content (AvgIpc) is 3.08. The maximum Gasteiger partial charge on any atom is 0.244 e. The Morgan fingerprint density at radius 1 is 1.23 bits per heavy atom. The highest BCUT2D eigenvalue weighted by Crippen LogP contribution is 2.31. The van der Waals surface area contributed by atoms with Gasteiger partial charge < -0.3 is 15.3 Å². The minimum atomic E-state index is -0.461. The third kappa shape index (κ3) is 4.44. The van der Waals surface area contributed by atoms with Gasteiger partial charge in [-0.2, -0.15) is 5.10 Å². The number of piperidine rings is 1. The number of likely N-dealkylation sites (tertiary alicyclic amines) is 1. The molecule has 6 nitrogen and oxygen atoms in total. The molecule has 2 heterocycles. The number of nitrogens with zero attached hydrogens (tertiary/aromatic N) is 3. The molecule has 7 heteroatoms. The summed E-state index contributed by atoms with van der Waals surface area (Å²) >= 11 is 0. The molecule has 0 spiro atoms. The molecule has 142 valence electrons. The fraction of sp³-hybridized carbons (Fsp3) is 0.474. The average molecular weight is 379 g/mol. The van der Waals surface area contributed by atoms with Crippen LogP contribution in [0.1, 0.15) is 36.1 Å². The zero-order valence-corrected chi connectivity index (χ0v) is 16.0. The summed E-state index contributed by atoms with van der Waals surface area (Å²) in [6.45, 7) is 1.34. The van der Waals surface area contributed by atoms with Crippen molar-refractivity contribution in [2.45, 2.75) is 25.0 Å². The molecule has 1 amide bonds. The molecular weight excluding hydrogens is 352 g/mol. The zero-order chi connectivity index (χ0) is 17.8. The van der Waals surface area contributed by atoms with E-state index in [9.17, 15) is 9.90 Å². The van der Waals surface area contributed by atoms with E-state index in [2.05, 4.69) is 10.4 Å². The van der Waals surface area contributed by atoms with Crippen molar-refractivity contribution in [1.29, 1.82) is 0 Å². The predicted octanol–water partition coefficient (Wildman–Crippen LogP) is 2.07. The summed E-state index contributed by atoms with van der Waals surface area (Å²) in [7, 11) is 3.64. The molecule has 1 fully saturated rings. The summed E-state index contributed by atoms with van der Waals surface area (Å²) in [5.41, 5.74) is 1.83. The van der Waals surface area contributed by atoms with Crippen LogP contribution in [0.15, 0.2) is 42.7 Å². The van der Waals surface area contributed by atoms with Gasteiger partial charge in [0.25, 0.3) is 0 Å². The van der Waals surface area contributed by atoms with Gasteiger partial charge in [0.15, 0.2) is 0 Å². The summed E-state index contributed by atoms with van der Waals surface area (Å²) in [5, 5.41) is 17.8. The molecule has 1 aromatic heterocycles. The van der Waals surface area contributed by atoms with Crippen LogP contribution in [0.3, 0.4) is 0 Å². The molecule has 2 aromatic rings. The SMILES string of the molecule is CNC(C(=O)N1CCC(C(O)c2ccccc2)CC1)c1cnn(C)c1.Cl. The van der Waals surface area contributed by atoms with Crippen LogP contribution in [0, 0.1) is 5.92 Å². The van der Waals surface area contributed by atoms with E-state index in [0.717, 1.165) is 24.0 Å². The maximum atomic E-state index is 12.8. The Morgan fingerprint density at radius 2 is 1.88 bits per heavy atom. The molecule has 2 unspecified atom stereocenters. The highest BCUT2D eigenvalue weighted by atomic mass is 35.5. The number of hydrogen-bond acceptors (Lipinski definition) is 4. The van der Waals surface area contributed by atoms with Gasteiger partial charge in [0.05, 0.1) is 12.3 Å². The largest absolute Gasteiger partial charge is 0.388 e. The van der Waals surface area contributed by atoms with Crippen LogP contribution in [0.2, 0.25) is 0 Å². The Hall–Kier alpha value is -1.89. The van der Waals surface area contributed by atoms with E-state index in [1.54, 1.807) is 17.9 Å². The Morgan fingerprint density at radius 3 is 2.42 bits per heavy atom. The molecule has 1 aromatic carbocycles. The van der Waals surface area contributed by atoms with Gasteiger partial charge >= 0.3 is 0 Å². The number of aromatic nitrogens is 2. The molecule has 1 aliphatic rings. The lowest BCUT2D eigenvalue weighted by Gasteiger charge is -2.36. The van der Waals surface area contributed by atoms with Crippen molar-refractivity contribution in [2.24, 2.45) is 13.0 Å². The molecule has 0 aliphatic carbocycles. The number of aliphatic hydroxyl groups excluding tert-OH is 1. The fourth-order valence-corrected chi connectivity index (χ4v) is 3.56. The van der Waals surface area contributed by atoms with Crippen LogP contribution in [0.4, 0.5) is 0 Å². The number of carbonyl (C=O) groups excluding carboxylic acids is 1. The summed E-state index contributed by atoms with van der Waals surface area (Å²) in [6, 6.07) is 9.40. The lowest BCUT2D eigenvalue weighted by atomic mass is 9.87. The second-order valence-electron chi connectivity index (χ2n) is 6.69. The number of aliphatic hydroxyl groups is 1. The Bertz CT molecular complexity index is 699. The highest BCUT2D eigenvalue weighted by molar-refractivity contribution is 5.85. The molecule has 26 heavy (non-hydrogen) atoms. The topological polar surface area (TPSA) is 70.4 Å². The predicted molar refractivity (Wildman–Crippen MR) is 103 cm³/mol. The molecule has 0 radical (unpaired) electrons. The smallest absolute Gasteiger partial charge is 0.244 e. The maximum absolute atomic E-state index is 12.8. The molecule has 0 saturated carbocycles. The third-order valence-electron chi connectivity index (χ3n) is 5.03. The van der Waals surface area contributed by atoms with Crippen molar-refractivity contribution >= 4 is 18.3 Å². The number of halogens is 1. The third-order valence-corrected chi connectivity index (χ3v) is 5.03. The minimum absolute atomic E-state index is 0. The van der Waals surface area contributed by atoms with Gasteiger partial charge in [-0.3, -0.25) is 9.48 Å². The van der Waals surface area contributed by atoms with Crippen LogP contribution in [-0.4, -0.2) is 45.8 Å². The number of nitrogens with one attached hydrogen (secondary N) is 1. The highest BCUT2D eigenvalue weighted by Gasteiger charge is 2.31. The first-order chi connectivity index (χ1) is 12.1. The number of benzene rings is 1. The van der Waals surface area contributed by atoms with Gasteiger partial charge in [0.2, 0.25) is 5.91 Å². The Balaban J connectivity index is 0.00000243. The van der Waals surface area contributed by atoms with Crippen LogP contribution in [-0.2, 0) is 11.8 Å². The van der Waals surface area contributed by atoms with Crippen molar-refractivity contribution in [2.75, 3.05) is 20.1 Å². The van der Waals surface area contributed by atoms with Gasteiger partial charge in [0.1, 0.15) is 6.04 Å². The van der Waals surface area contributed by atoms with Crippen LogP contribution in [0.25, 0.3) is 0 Å². The van der Waals surface area contributed by atoms with Crippen LogP contribution < -0.4 is 5.32 Å². The molecule has 2 N–H and O–H groups in total. The van der Waals surface area contributed by atoms with E-state index in [0.29, 0.717) is 13.1 Å². The van der Waals surface area contributed by atoms with E-state index in [1.165, 1.54) is 0 Å². The van der Waals surface area contributed by atoms with Crippen molar-refractivity contribution in [3.63, 3.8) is 0 Å². The van der Waals surface area contributed by atoms with Gasteiger partial charge in [-0.05, 0) is 31.4 Å². The Labute approximate surface area is 160 Å². The summed E-state index contributed by atoms with van der Waals surface area (Å²) < 4.78 is 1.70. The van der Waals surface area contributed by atoms with Gasteiger partial charge in [0, 0.05) is 31.9 Å². The van der Waals surface area contributed by atoms with E-state index >= 15 is 0 Å². The monoisotopic (exact) mass is 378 g/mol. The van der Waals surface area contributed by atoms with Crippen molar-refractivity contribution in [3.05, 3.63) is 53.9 Å². The van der Waals surface area contributed by atoms with Gasteiger partial charge in [-0.15, -0.1) is 12.4 Å². The van der Waals surface area contributed by atoms with Crippen LogP contribution in [0.5, 0.6) is 0 Å². The molecular formula is C19H27ClN4O2. The Kier molecular flexibility index (Phi) is 7.20. The normalized spacial score (nSPS) is 17.4. The lowest BCUT2D eigenvalue weighted by Crippen LogP contribution is -2.44. The van der Waals surface area contributed by atoms with E-state index in [4.69, 9.17) is 0 Å². The number of rotatable bonds is 5. The minimum Gasteiger partial charge on any atom is -0.388 e. The first-order valence-corrected chi connectivity index (χ1v) is 8.77. The van der Waals surface area contributed by atoms with Crippen molar-refractivity contribution in [3.8, 4) is 0 Å². The molecule has 2 atom stereocenters. The second-order valence-corrected chi connectivity index (χ2v) is 6.69. The number of aryl methyl sites for hydroxylation is 1. The molecule has 3 rings (SSSR count). The van der Waals surface area contributed by atoms with Gasteiger partial charge in [-0.25, -0.2) is 0 Å². The van der Waals surface area contributed by atoms with E-state index in [1.807, 2.05) is 48.5 Å². The summed E-state index contributed by atoms with van der Waals surface area (Å²) in [5.74, 6) is 0.265. The zero-order valence-electron chi connectivity index (χ0n) is 15.2.